The predicted molar refractivity (Wildman–Crippen MR) is 122 cm³/mol. The summed E-state index contributed by atoms with van der Waals surface area (Å²) in [5, 5.41) is 5.46. The van der Waals surface area contributed by atoms with Crippen molar-refractivity contribution >= 4 is 29.3 Å². The van der Waals surface area contributed by atoms with Crippen LogP contribution in [0.25, 0.3) is 0 Å². The van der Waals surface area contributed by atoms with E-state index in [-0.39, 0.29) is 11.8 Å². The molecule has 3 rings (SSSR count). The second-order valence-corrected chi connectivity index (χ2v) is 8.53. The molecule has 1 aliphatic heterocycles. The summed E-state index contributed by atoms with van der Waals surface area (Å²) >= 11 is 0. The highest BCUT2D eigenvalue weighted by molar-refractivity contribution is 6.04. The van der Waals surface area contributed by atoms with E-state index in [1.54, 1.807) is 62.1 Å². The lowest BCUT2D eigenvalue weighted by Gasteiger charge is -2.26. The van der Waals surface area contributed by atoms with E-state index in [1.165, 1.54) is 0 Å². The van der Waals surface area contributed by atoms with Gasteiger partial charge in [-0.05, 0) is 62.7 Å². The Kier molecular flexibility index (Phi) is 7.48. The molecule has 2 aromatic rings. The zero-order valence-electron chi connectivity index (χ0n) is 18.6. The summed E-state index contributed by atoms with van der Waals surface area (Å²) in [4.78, 5) is 38.5. The van der Waals surface area contributed by atoms with E-state index < -0.39 is 11.7 Å². The molecule has 1 saturated heterocycles. The third-order valence-corrected chi connectivity index (χ3v) is 4.72. The van der Waals surface area contributed by atoms with Crippen molar-refractivity contribution < 1.29 is 23.9 Å². The first-order chi connectivity index (χ1) is 15.2. The molecule has 32 heavy (non-hydrogen) atoms. The van der Waals surface area contributed by atoms with Gasteiger partial charge in [0.1, 0.15) is 5.60 Å². The summed E-state index contributed by atoms with van der Waals surface area (Å²) in [6.45, 7) is 7.76. The van der Waals surface area contributed by atoms with Gasteiger partial charge in [0.05, 0.1) is 19.6 Å². The molecule has 8 heteroatoms. The molecule has 2 aromatic carbocycles. The first-order valence-electron chi connectivity index (χ1n) is 10.6. The molecule has 0 unspecified atom stereocenters. The first-order valence-corrected chi connectivity index (χ1v) is 10.6. The zero-order valence-corrected chi connectivity index (χ0v) is 18.6. The molecule has 0 saturated carbocycles. The van der Waals surface area contributed by atoms with Crippen LogP contribution in [0.5, 0.6) is 0 Å². The van der Waals surface area contributed by atoms with Gasteiger partial charge >= 0.3 is 6.09 Å². The van der Waals surface area contributed by atoms with Crippen LogP contribution in [0.4, 0.5) is 16.2 Å². The highest BCUT2D eigenvalue weighted by Gasteiger charge is 2.18. The Labute approximate surface area is 187 Å². The quantitative estimate of drug-likeness (QED) is 0.741. The van der Waals surface area contributed by atoms with Gasteiger partial charge in [0.25, 0.3) is 5.91 Å². The van der Waals surface area contributed by atoms with Gasteiger partial charge in [-0.1, -0.05) is 12.1 Å². The van der Waals surface area contributed by atoms with Crippen molar-refractivity contribution in [2.75, 3.05) is 36.9 Å². The summed E-state index contributed by atoms with van der Waals surface area (Å²) in [5.74, 6) is -0.198. The Bertz CT molecular complexity index is 943. The molecule has 0 aliphatic carbocycles. The summed E-state index contributed by atoms with van der Waals surface area (Å²) in [5.41, 5.74) is 1.91. The van der Waals surface area contributed by atoms with Crippen LogP contribution in [-0.4, -0.2) is 54.7 Å². The average molecular weight is 440 g/mol. The minimum absolute atomic E-state index is 0.0742. The number of hydrogen-bond donors (Lipinski definition) is 2. The summed E-state index contributed by atoms with van der Waals surface area (Å²) in [7, 11) is 0. The number of carbonyl (C=O) groups is 3. The van der Waals surface area contributed by atoms with E-state index in [0.717, 1.165) is 5.56 Å². The molecule has 3 amide bonds. The number of morpholine rings is 1. The maximum atomic E-state index is 12.5. The Morgan fingerprint density at radius 2 is 1.47 bits per heavy atom. The number of hydrogen-bond acceptors (Lipinski definition) is 5. The van der Waals surface area contributed by atoms with Crippen LogP contribution in [-0.2, 0) is 20.7 Å². The SMILES string of the molecule is CC(C)(C)OC(=O)Nc1ccc(C(=O)Nc2ccc(CC(=O)N3CCOCC3)cc2)cc1. The number of anilines is 2. The highest BCUT2D eigenvalue weighted by atomic mass is 16.6. The normalized spacial score (nSPS) is 13.9. The van der Waals surface area contributed by atoms with Crippen molar-refractivity contribution in [2.24, 2.45) is 0 Å². The van der Waals surface area contributed by atoms with Gasteiger partial charge in [0.2, 0.25) is 5.91 Å². The Balaban J connectivity index is 1.51. The summed E-state index contributed by atoms with van der Waals surface area (Å²) in [6.07, 6.45) is -0.234. The second kappa shape index (κ2) is 10.3. The fourth-order valence-electron chi connectivity index (χ4n) is 3.13. The van der Waals surface area contributed by atoms with E-state index in [4.69, 9.17) is 9.47 Å². The summed E-state index contributed by atoms with van der Waals surface area (Å²) < 4.78 is 10.5. The molecule has 2 N–H and O–H groups in total. The number of nitrogens with zero attached hydrogens (tertiary/aromatic N) is 1. The first kappa shape index (κ1) is 23.3. The van der Waals surface area contributed by atoms with E-state index in [2.05, 4.69) is 10.6 Å². The topological polar surface area (TPSA) is 97.0 Å². The summed E-state index contributed by atoms with van der Waals surface area (Å²) in [6, 6.07) is 13.7. The average Bonchev–Trinajstić information content (AvgIpc) is 2.75. The molecular formula is C24H29N3O5. The van der Waals surface area contributed by atoms with Crippen LogP contribution in [0.1, 0.15) is 36.7 Å². The Morgan fingerprint density at radius 3 is 2.06 bits per heavy atom. The molecule has 8 nitrogen and oxygen atoms in total. The van der Waals surface area contributed by atoms with Crippen LogP contribution in [0.15, 0.2) is 48.5 Å². The van der Waals surface area contributed by atoms with E-state index in [9.17, 15) is 14.4 Å². The maximum absolute atomic E-state index is 12.5. The second-order valence-electron chi connectivity index (χ2n) is 8.53. The van der Waals surface area contributed by atoms with E-state index >= 15 is 0 Å². The molecule has 0 bridgehead atoms. The van der Waals surface area contributed by atoms with Crippen molar-refractivity contribution in [1.29, 1.82) is 0 Å². The van der Waals surface area contributed by atoms with Crippen LogP contribution in [0.2, 0.25) is 0 Å². The molecule has 0 spiro atoms. The van der Waals surface area contributed by atoms with Gasteiger partial charge in [0.15, 0.2) is 0 Å². The van der Waals surface area contributed by atoms with Gasteiger partial charge in [-0.25, -0.2) is 4.79 Å². The third kappa shape index (κ3) is 7.09. The monoisotopic (exact) mass is 439 g/mol. The van der Waals surface area contributed by atoms with Crippen molar-refractivity contribution in [3.63, 3.8) is 0 Å². The number of carbonyl (C=O) groups excluding carboxylic acids is 3. The van der Waals surface area contributed by atoms with Crippen LogP contribution in [0.3, 0.4) is 0 Å². The van der Waals surface area contributed by atoms with E-state index in [1.807, 2.05) is 12.1 Å². The smallest absolute Gasteiger partial charge is 0.412 e. The maximum Gasteiger partial charge on any atom is 0.412 e. The molecule has 170 valence electrons. The van der Waals surface area contributed by atoms with Crippen molar-refractivity contribution in [3.05, 3.63) is 59.7 Å². The van der Waals surface area contributed by atoms with Crippen LogP contribution < -0.4 is 10.6 Å². The number of amides is 3. The highest BCUT2D eigenvalue weighted by Crippen LogP contribution is 2.16. The van der Waals surface area contributed by atoms with Gasteiger partial charge < -0.3 is 19.7 Å². The lowest BCUT2D eigenvalue weighted by atomic mass is 10.1. The standard InChI is InChI=1S/C24H29N3O5/c1-24(2,3)32-23(30)26-20-10-6-18(7-11-20)22(29)25-19-8-4-17(5-9-19)16-21(28)27-12-14-31-15-13-27/h4-11H,12-16H2,1-3H3,(H,25,29)(H,26,30). The van der Waals surface area contributed by atoms with E-state index in [0.29, 0.717) is 49.7 Å². The van der Waals surface area contributed by atoms with Crippen LogP contribution >= 0.6 is 0 Å². The molecule has 1 fully saturated rings. The van der Waals surface area contributed by atoms with Crippen molar-refractivity contribution in [2.45, 2.75) is 32.8 Å². The molecule has 0 aromatic heterocycles. The number of benzene rings is 2. The van der Waals surface area contributed by atoms with Gasteiger partial charge in [0, 0.05) is 30.0 Å². The van der Waals surface area contributed by atoms with Crippen LogP contribution in [0, 0.1) is 0 Å². The molecule has 0 atom stereocenters. The Hall–Kier alpha value is -3.39. The van der Waals surface area contributed by atoms with Gasteiger partial charge in [-0.2, -0.15) is 0 Å². The van der Waals surface area contributed by atoms with Gasteiger partial charge in [-0.3, -0.25) is 14.9 Å². The lowest BCUT2D eigenvalue weighted by molar-refractivity contribution is -0.134. The lowest BCUT2D eigenvalue weighted by Crippen LogP contribution is -2.41. The molecule has 0 radical (unpaired) electrons. The molecular weight excluding hydrogens is 410 g/mol. The Morgan fingerprint density at radius 1 is 0.906 bits per heavy atom. The number of nitrogens with one attached hydrogen (secondary N) is 2. The minimum atomic E-state index is -0.588. The predicted octanol–water partition coefficient (Wildman–Crippen LogP) is 3.69. The largest absolute Gasteiger partial charge is 0.444 e. The zero-order chi connectivity index (χ0) is 23.1. The fourth-order valence-corrected chi connectivity index (χ4v) is 3.13. The minimum Gasteiger partial charge on any atom is -0.444 e. The number of rotatable bonds is 5. The van der Waals surface area contributed by atoms with Crippen molar-refractivity contribution in [3.8, 4) is 0 Å². The molecule has 1 aliphatic rings. The molecule has 1 heterocycles. The van der Waals surface area contributed by atoms with Crippen molar-refractivity contribution in [1.82, 2.24) is 4.90 Å². The number of ether oxygens (including phenoxy) is 2. The van der Waals surface area contributed by atoms with Gasteiger partial charge in [-0.15, -0.1) is 0 Å². The third-order valence-electron chi connectivity index (χ3n) is 4.72. The fraction of sp³-hybridized carbons (Fsp3) is 0.375.